The fourth-order valence-electron chi connectivity index (χ4n) is 0.733. The average molecular weight is 182 g/mol. The van der Waals surface area contributed by atoms with Gasteiger partial charge in [-0.3, -0.25) is 0 Å². The standard InChI is InChI=1S/C7H10N2O2.C2H4/c1-3-11-7(10)6-4-8-5(2)9-6;1-2/h4H,3H2,1-2H3,(H,8,9);1-2H2. The maximum Gasteiger partial charge on any atom is 0.356 e. The van der Waals surface area contributed by atoms with E-state index in [2.05, 4.69) is 23.1 Å². The Balaban J connectivity index is 0.000000671. The first kappa shape index (κ1) is 11.4. The van der Waals surface area contributed by atoms with E-state index in [-0.39, 0.29) is 5.97 Å². The summed E-state index contributed by atoms with van der Waals surface area (Å²) >= 11 is 0. The number of carbonyl (C=O) groups excluding carboxylic acids is 1. The lowest BCUT2D eigenvalue weighted by Gasteiger charge is -1.96. The molecule has 0 amide bonds. The summed E-state index contributed by atoms with van der Waals surface area (Å²) in [5.74, 6) is 0.362. The summed E-state index contributed by atoms with van der Waals surface area (Å²) in [4.78, 5) is 17.6. The molecule has 0 bridgehead atoms. The van der Waals surface area contributed by atoms with Gasteiger partial charge < -0.3 is 9.72 Å². The summed E-state index contributed by atoms with van der Waals surface area (Å²) in [6.07, 6.45) is 1.47. The van der Waals surface area contributed by atoms with Gasteiger partial charge in [-0.25, -0.2) is 9.78 Å². The topological polar surface area (TPSA) is 55.0 Å². The van der Waals surface area contributed by atoms with Gasteiger partial charge in [0.1, 0.15) is 11.5 Å². The van der Waals surface area contributed by atoms with E-state index in [4.69, 9.17) is 4.74 Å². The van der Waals surface area contributed by atoms with Crippen LogP contribution >= 0.6 is 0 Å². The number of aromatic amines is 1. The van der Waals surface area contributed by atoms with Crippen molar-refractivity contribution in [2.24, 2.45) is 0 Å². The Labute approximate surface area is 77.6 Å². The summed E-state index contributed by atoms with van der Waals surface area (Å²) in [6.45, 7) is 9.93. The Kier molecular flexibility index (Phi) is 5.27. The molecule has 1 heterocycles. The zero-order valence-corrected chi connectivity index (χ0v) is 7.96. The monoisotopic (exact) mass is 182 g/mol. The van der Waals surface area contributed by atoms with Crippen LogP contribution in [-0.4, -0.2) is 22.5 Å². The molecule has 1 aromatic heterocycles. The van der Waals surface area contributed by atoms with Crippen LogP contribution in [0.5, 0.6) is 0 Å². The van der Waals surface area contributed by atoms with E-state index in [9.17, 15) is 4.79 Å². The number of rotatable bonds is 2. The summed E-state index contributed by atoms with van der Waals surface area (Å²) in [6, 6.07) is 0. The Morgan fingerprint density at radius 2 is 2.31 bits per heavy atom. The molecule has 1 aromatic rings. The average Bonchev–Trinajstić information content (AvgIpc) is 2.56. The molecule has 0 atom stereocenters. The molecular formula is C9H14N2O2. The molecule has 0 saturated heterocycles. The second-order valence-electron chi connectivity index (χ2n) is 2.10. The molecule has 72 valence electrons. The summed E-state index contributed by atoms with van der Waals surface area (Å²) in [5, 5.41) is 0. The van der Waals surface area contributed by atoms with Gasteiger partial charge in [-0.2, -0.15) is 0 Å². The lowest BCUT2D eigenvalue weighted by molar-refractivity contribution is 0.0520. The van der Waals surface area contributed by atoms with E-state index < -0.39 is 0 Å². The number of carbonyl (C=O) groups is 1. The number of H-pyrrole nitrogens is 1. The quantitative estimate of drug-likeness (QED) is 0.559. The molecule has 0 spiro atoms. The molecule has 0 saturated carbocycles. The molecule has 0 aliphatic rings. The van der Waals surface area contributed by atoms with Crippen molar-refractivity contribution in [1.29, 1.82) is 0 Å². The first-order valence-corrected chi connectivity index (χ1v) is 3.92. The van der Waals surface area contributed by atoms with Gasteiger partial charge in [0, 0.05) is 0 Å². The Bertz CT molecular complexity index is 268. The molecule has 0 aromatic carbocycles. The number of esters is 1. The van der Waals surface area contributed by atoms with Crippen LogP contribution in [0.3, 0.4) is 0 Å². The highest BCUT2D eigenvalue weighted by Crippen LogP contribution is 1.97. The van der Waals surface area contributed by atoms with Crippen LogP contribution in [0.2, 0.25) is 0 Å². The molecule has 1 N–H and O–H groups in total. The van der Waals surface area contributed by atoms with E-state index in [0.29, 0.717) is 18.1 Å². The van der Waals surface area contributed by atoms with Gasteiger partial charge in [0.15, 0.2) is 0 Å². The second kappa shape index (κ2) is 5.99. The van der Waals surface area contributed by atoms with Gasteiger partial charge in [-0.05, 0) is 13.8 Å². The lowest BCUT2D eigenvalue weighted by Crippen LogP contribution is -2.04. The summed E-state index contributed by atoms with van der Waals surface area (Å²) in [5.41, 5.74) is 0.407. The SMILES string of the molecule is C=C.CCOC(=O)c1cnc(C)[nH]1. The van der Waals surface area contributed by atoms with Crippen molar-refractivity contribution in [2.75, 3.05) is 6.61 Å². The molecule has 0 fully saturated rings. The molecule has 4 nitrogen and oxygen atoms in total. The minimum atomic E-state index is -0.354. The first-order valence-electron chi connectivity index (χ1n) is 3.92. The van der Waals surface area contributed by atoms with Gasteiger partial charge in [0.2, 0.25) is 0 Å². The molecule has 0 aliphatic carbocycles. The fraction of sp³-hybridized carbons (Fsp3) is 0.333. The number of nitrogens with one attached hydrogen (secondary N) is 1. The van der Waals surface area contributed by atoms with E-state index in [1.54, 1.807) is 13.8 Å². The van der Waals surface area contributed by atoms with Crippen molar-refractivity contribution in [3.8, 4) is 0 Å². The zero-order valence-electron chi connectivity index (χ0n) is 7.96. The highest BCUT2D eigenvalue weighted by atomic mass is 16.5. The normalized spacial score (nSPS) is 8.46. The van der Waals surface area contributed by atoms with Crippen molar-refractivity contribution in [2.45, 2.75) is 13.8 Å². The Morgan fingerprint density at radius 3 is 2.69 bits per heavy atom. The van der Waals surface area contributed by atoms with Crippen LogP contribution in [0.25, 0.3) is 0 Å². The van der Waals surface area contributed by atoms with Crippen molar-refractivity contribution in [3.05, 3.63) is 30.9 Å². The molecule has 0 radical (unpaired) electrons. The highest BCUT2D eigenvalue weighted by molar-refractivity contribution is 5.86. The van der Waals surface area contributed by atoms with Crippen molar-refractivity contribution in [3.63, 3.8) is 0 Å². The number of hydrogen-bond acceptors (Lipinski definition) is 3. The maximum atomic E-state index is 11.0. The third-order valence-electron chi connectivity index (χ3n) is 1.20. The second-order valence-corrected chi connectivity index (χ2v) is 2.10. The number of aromatic nitrogens is 2. The molecule has 4 heteroatoms. The third-order valence-corrected chi connectivity index (χ3v) is 1.20. The van der Waals surface area contributed by atoms with E-state index in [1.165, 1.54) is 6.20 Å². The van der Waals surface area contributed by atoms with E-state index in [0.717, 1.165) is 0 Å². The van der Waals surface area contributed by atoms with Gasteiger partial charge in [0.25, 0.3) is 0 Å². The van der Waals surface area contributed by atoms with Crippen LogP contribution in [0, 0.1) is 6.92 Å². The first-order chi connectivity index (χ1) is 6.24. The molecular weight excluding hydrogens is 168 g/mol. The van der Waals surface area contributed by atoms with Gasteiger partial charge in [0.05, 0.1) is 12.8 Å². The predicted octanol–water partition coefficient (Wildman–Crippen LogP) is 1.70. The van der Waals surface area contributed by atoms with Crippen molar-refractivity contribution in [1.82, 2.24) is 9.97 Å². The minimum absolute atomic E-state index is 0.354. The zero-order chi connectivity index (χ0) is 10.3. The number of hydrogen-bond donors (Lipinski definition) is 1. The van der Waals surface area contributed by atoms with Gasteiger partial charge in [-0.15, -0.1) is 13.2 Å². The number of nitrogens with zero attached hydrogens (tertiary/aromatic N) is 1. The van der Waals surface area contributed by atoms with Crippen LogP contribution in [0.1, 0.15) is 23.2 Å². The van der Waals surface area contributed by atoms with Crippen LogP contribution in [-0.2, 0) is 4.74 Å². The Hall–Kier alpha value is -1.58. The Morgan fingerprint density at radius 1 is 1.69 bits per heavy atom. The smallest absolute Gasteiger partial charge is 0.356 e. The number of imidazole rings is 1. The third kappa shape index (κ3) is 3.55. The van der Waals surface area contributed by atoms with Gasteiger partial charge in [-0.1, -0.05) is 0 Å². The highest BCUT2D eigenvalue weighted by Gasteiger charge is 2.07. The minimum Gasteiger partial charge on any atom is -0.461 e. The van der Waals surface area contributed by atoms with Crippen molar-refractivity contribution < 1.29 is 9.53 Å². The predicted molar refractivity (Wildman–Crippen MR) is 50.5 cm³/mol. The summed E-state index contributed by atoms with van der Waals surface area (Å²) in [7, 11) is 0. The van der Waals surface area contributed by atoms with Crippen LogP contribution in [0.4, 0.5) is 0 Å². The molecule has 13 heavy (non-hydrogen) atoms. The fourth-order valence-corrected chi connectivity index (χ4v) is 0.733. The van der Waals surface area contributed by atoms with Crippen LogP contribution in [0.15, 0.2) is 19.4 Å². The molecule has 1 rings (SSSR count). The summed E-state index contributed by atoms with van der Waals surface area (Å²) < 4.78 is 4.73. The molecule has 0 aliphatic heterocycles. The maximum absolute atomic E-state index is 11.0. The van der Waals surface area contributed by atoms with E-state index >= 15 is 0 Å². The van der Waals surface area contributed by atoms with E-state index in [1.807, 2.05) is 0 Å². The van der Waals surface area contributed by atoms with Crippen molar-refractivity contribution >= 4 is 5.97 Å². The van der Waals surface area contributed by atoms with Gasteiger partial charge >= 0.3 is 5.97 Å². The lowest BCUT2D eigenvalue weighted by atomic mass is 10.5. The number of aryl methyl sites for hydroxylation is 1. The van der Waals surface area contributed by atoms with Crippen LogP contribution < -0.4 is 0 Å². The number of ether oxygens (including phenoxy) is 1. The largest absolute Gasteiger partial charge is 0.461 e. The molecule has 0 unspecified atom stereocenters.